The van der Waals surface area contributed by atoms with Gasteiger partial charge in [0.2, 0.25) is 0 Å². The Hall–Kier alpha value is -0.860. The van der Waals surface area contributed by atoms with Crippen LogP contribution in [0.4, 0.5) is 4.39 Å². The highest BCUT2D eigenvalue weighted by Crippen LogP contribution is 2.25. The van der Waals surface area contributed by atoms with Gasteiger partial charge < -0.3 is 0 Å². The molecule has 78 valence electrons. The van der Waals surface area contributed by atoms with Gasteiger partial charge in [0, 0.05) is 17.0 Å². The first-order valence-electron chi connectivity index (χ1n) is 4.43. The Labute approximate surface area is 96.8 Å². The van der Waals surface area contributed by atoms with Crippen LogP contribution in [-0.4, -0.2) is 4.98 Å². The maximum Gasteiger partial charge on any atom is 0.134 e. The van der Waals surface area contributed by atoms with Crippen molar-refractivity contribution in [1.82, 2.24) is 4.98 Å². The Morgan fingerprint density at radius 3 is 2.73 bits per heavy atom. The van der Waals surface area contributed by atoms with E-state index in [9.17, 15) is 4.39 Å². The third-order valence-electron chi connectivity index (χ3n) is 2.28. The number of halogens is 3. The van der Waals surface area contributed by atoms with Crippen LogP contribution in [0.15, 0.2) is 18.2 Å². The van der Waals surface area contributed by atoms with Crippen molar-refractivity contribution < 1.29 is 4.39 Å². The summed E-state index contributed by atoms with van der Waals surface area (Å²) in [7, 11) is 0. The summed E-state index contributed by atoms with van der Waals surface area (Å²) in [6, 6.07) is 4.69. The highest BCUT2D eigenvalue weighted by Gasteiger charge is 2.07. The zero-order valence-corrected chi connectivity index (χ0v) is 9.53. The van der Waals surface area contributed by atoms with Crippen LogP contribution in [0.3, 0.4) is 0 Å². The maximum atomic E-state index is 13.1. The summed E-state index contributed by atoms with van der Waals surface area (Å²) in [5.41, 5.74) is 2.16. The quantitative estimate of drug-likeness (QED) is 0.544. The number of nitrogens with zero attached hydrogens (tertiary/aromatic N) is 1. The van der Waals surface area contributed by atoms with E-state index in [0.717, 1.165) is 16.5 Å². The molecule has 0 saturated heterocycles. The average molecular weight is 244 g/mol. The van der Waals surface area contributed by atoms with Gasteiger partial charge in [0.15, 0.2) is 0 Å². The van der Waals surface area contributed by atoms with E-state index in [2.05, 4.69) is 4.98 Å². The topological polar surface area (TPSA) is 12.9 Å². The molecule has 0 aliphatic rings. The van der Waals surface area contributed by atoms with Crippen LogP contribution < -0.4 is 0 Å². The van der Waals surface area contributed by atoms with Gasteiger partial charge in [0.1, 0.15) is 11.0 Å². The lowest BCUT2D eigenvalue weighted by atomic mass is 10.1. The van der Waals surface area contributed by atoms with Crippen LogP contribution in [-0.2, 0) is 5.88 Å². The molecule has 1 nitrogen and oxygen atoms in total. The molecule has 0 amide bonds. The van der Waals surface area contributed by atoms with Gasteiger partial charge in [-0.1, -0.05) is 11.6 Å². The van der Waals surface area contributed by atoms with Crippen LogP contribution >= 0.6 is 23.2 Å². The number of aryl methyl sites for hydroxylation is 1. The standard InChI is InChI=1S/C11H8Cl2FN/c1-6-2-8(14)4-10-9(6)3-7(5-12)11(13)15-10/h2-4H,5H2,1H3. The van der Waals surface area contributed by atoms with Crippen molar-refractivity contribution in [3.05, 3.63) is 40.3 Å². The van der Waals surface area contributed by atoms with E-state index in [0.29, 0.717) is 16.5 Å². The molecule has 1 aromatic carbocycles. The molecule has 0 aliphatic heterocycles. The summed E-state index contributed by atoms with van der Waals surface area (Å²) in [6.45, 7) is 1.83. The lowest BCUT2D eigenvalue weighted by Gasteiger charge is -2.05. The normalized spacial score (nSPS) is 10.9. The molecular weight excluding hydrogens is 236 g/mol. The molecule has 0 spiro atoms. The molecule has 0 radical (unpaired) electrons. The van der Waals surface area contributed by atoms with E-state index in [-0.39, 0.29) is 5.82 Å². The molecule has 0 fully saturated rings. The number of benzene rings is 1. The molecule has 1 aromatic heterocycles. The van der Waals surface area contributed by atoms with Gasteiger partial charge in [0.25, 0.3) is 0 Å². The molecule has 0 saturated carbocycles. The minimum Gasteiger partial charge on any atom is -0.236 e. The number of aromatic nitrogens is 1. The first-order chi connectivity index (χ1) is 7.11. The smallest absolute Gasteiger partial charge is 0.134 e. The van der Waals surface area contributed by atoms with Gasteiger partial charge in [0.05, 0.1) is 11.4 Å². The second kappa shape index (κ2) is 3.95. The van der Waals surface area contributed by atoms with Crippen LogP contribution in [0.1, 0.15) is 11.1 Å². The van der Waals surface area contributed by atoms with Crippen molar-refractivity contribution in [2.75, 3.05) is 0 Å². The molecule has 0 bridgehead atoms. The fourth-order valence-electron chi connectivity index (χ4n) is 1.52. The van der Waals surface area contributed by atoms with E-state index in [1.54, 1.807) is 0 Å². The molecule has 0 unspecified atom stereocenters. The Morgan fingerprint density at radius 2 is 2.07 bits per heavy atom. The lowest BCUT2D eigenvalue weighted by molar-refractivity contribution is 0.628. The molecular formula is C11H8Cl2FN. The minimum atomic E-state index is -0.304. The van der Waals surface area contributed by atoms with Crippen molar-refractivity contribution in [2.24, 2.45) is 0 Å². The first-order valence-corrected chi connectivity index (χ1v) is 5.34. The zero-order valence-electron chi connectivity index (χ0n) is 8.02. The Kier molecular flexibility index (Phi) is 2.81. The second-order valence-electron chi connectivity index (χ2n) is 3.36. The monoisotopic (exact) mass is 243 g/mol. The molecule has 1 heterocycles. The van der Waals surface area contributed by atoms with E-state index in [1.165, 1.54) is 12.1 Å². The van der Waals surface area contributed by atoms with Crippen LogP contribution in [0.5, 0.6) is 0 Å². The average Bonchev–Trinajstić information content (AvgIpc) is 2.16. The number of hydrogen-bond acceptors (Lipinski definition) is 1. The van der Waals surface area contributed by atoms with Crippen LogP contribution in [0.25, 0.3) is 10.9 Å². The number of alkyl halides is 1. The third-order valence-corrected chi connectivity index (χ3v) is 2.89. The molecule has 2 aromatic rings. The lowest BCUT2D eigenvalue weighted by Crippen LogP contribution is -1.90. The van der Waals surface area contributed by atoms with Crippen molar-refractivity contribution in [1.29, 1.82) is 0 Å². The van der Waals surface area contributed by atoms with E-state index >= 15 is 0 Å². The first kappa shape index (κ1) is 10.7. The highest BCUT2D eigenvalue weighted by molar-refractivity contribution is 6.31. The summed E-state index contributed by atoms with van der Waals surface area (Å²) in [5, 5.41) is 1.22. The fourth-order valence-corrected chi connectivity index (χ4v) is 2.01. The molecule has 0 aliphatic carbocycles. The predicted molar refractivity (Wildman–Crippen MR) is 61.0 cm³/mol. The number of pyridine rings is 1. The van der Waals surface area contributed by atoms with Crippen molar-refractivity contribution in [2.45, 2.75) is 12.8 Å². The van der Waals surface area contributed by atoms with Crippen LogP contribution in [0, 0.1) is 12.7 Å². The van der Waals surface area contributed by atoms with E-state index in [1.807, 2.05) is 13.0 Å². The van der Waals surface area contributed by atoms with Gasteiger partial charge in [-0.25, -0.2) is 9.37 Å². The summed E-state index contributed by atoms with van der Waals surface area (Å²) in [6.07, 6.45) is 0. The largest absolute Gasteiger partial charge is 0.236 e. The van der Waals surface area contributed by atoms with Gasteiger partial charge in [-0.2, -0.15) is 0 Å². The highest BCUT2D eigenvalue weighted by atomic mass is 35.5. The van der Waals surface area contributed by atoms with Crippen molar-refractivity contribution >= 4 is 34.1 Å². The van der Waals surface area contributed by atoms with Gasteiger partial charge in [-0.3, -0.25) is 0 Å². The zero-order chi connectivity index (χ0) is 11.0. The summed E-state index contributed by atoms with van der Waals surface area (Å²) < 4.78 is 13.1. The van der Waals surface area contributed by atoms with Crippen molar-refractivity contribution in [3.63, 3.8) is 0 Å². The predicted octanol–water partition coefficient (Wildman–Crippen LogP) is 4.07. The Bertz CT molecular complexity index is 525. The molecule has 15 heavy (non-hydrogen) atoms. The minimum absolute atomic E-state index is 0.304. The number of hydrogen-bond donors (Lipinski definition) is 0. The van der Waals surface area contributed by atoms with E-state index < -0.39 is 0 Å². The van der Waals surface area contributed by atoms with Crippen LogP contribution in [0.2, 0.25) is 5.15 Å². The third kappa shape index (κ3) is 1.92. The summed E-state index contributed by atoms with van der Waals surface area (Å²) in [4.78, 5) is 4.11. The number of rotatable bonds is 1. The maximum absolute atomic E-state index is 13.1. The Balaban J connectivity index is 2.81. The van der Waals surface area contributed by atoms with Gasteiger partial charge in [-0.05, 0) is 24.6 Å². The van der Waals surface area contributed by atoms with Crippen molar-refractivity contribution in [3.8, 4) is 0 Å². The molecule has 4 heteroatoms. The second-order valence-corrected chi connectivity index (χ2v) is 3.99. The Morgan fingerprint density at radius 1 is 1.33 bits per heavy atom. The fraction of sp³-hybridized carbons (Fsp3) is 0.182. The molecule has 0 N–H and O–H groups in total. The molecule has 0 atom stereocenters. The summed E-state index contributed by atoms with van der Waals surface area (Å²) >= 11 is 11.6. The number of fused-ring (bicyclic) bond motifs is 1. The molecule has 2 rings (SSSR count). The van der Waals surface area contributed by atoms with Gasteiger partial charge >= 0.3 is 0 Å². The summed E-state index contributed by atoms with van der Waals surface area (Å²) in [5.74, 6) is 0.000629. The SMILES string of the molecule is Cc1cc(F)cc2nc(Cl)c(CCl)cc12. The van der Waals surface area contributed by atoms with E-state index in [4.69, 9.17) is 23.2 Å². The van der Waals surface area contributed by atoms with Gasteiger partial charge in [-0.15, -0.1) is 11.6 Å².